The summed E-state index contributed by atoms with van der Waals surface area (Å²) < 4.78 is 2.69. The number of rotatable bonds is 1. The lowest BCUT2D eigenvalue weighted by molar-refractivity contribution is 0.552. The molecule has 2 aromatic heterocycles. The summed E-state index contributed by atoms with van der Waals surface area (Å²) in [6.45, 7) is 0.960. The Balaban J connectivity index is 2.07. The average molecular weight is 282 g/mol. The fraction of sp³-hybridized carbons (Fsp3) is 0.400. The zero-order valence-electron chi connectivity index (χ0n) is 8.87. The molecule has 0 aliphatic carbocycles. The van der Waals surface area contributed by atoms with Gasteiger partial charge in [-0.1, -0.05) is 0 Å². The molecule has 3 rings (SSSR count). The highest BCUT2D eigenvalue weighted by Gasteiger charge is 2.26. The van der Waals surface area contributed by atoms with Crippen LogP contribution in [0.5, 0.6) is 0 Å². The van der Waals surface area contributed by atoms with Crippen LogP contribution < -0.4 is 5.32 Å². The first-order valence-corrected chi connectivity index (χ1v) is 5.99. The number of fused-ring (bicyclic) bond motifs is 1. The summed E-state index contributed by atoms with van der Waals surface area (Å²) in [5, 5.41) is 7.76. The lowest BCUT2D eigenvalue weighted by atomic mass is 10.0. The van der Waals surface area contributed by atoms with Crippen molar-refractivity contribution < 1.29 is 0 Å². The quantitative estimate of drug-likeness (QED) is 0.824. The Bertz CT molecular complexity index is 515. The predicted molar refractivity (Wildman–Crippen MR) is 63.0 cm³/mol. The Morgan fingerprint density at radius 1 is 1.56 bits per heavy atom. The van der Waals surface area contributed by atoms with Crippen LogP contribution in [0.15, 0.2) is 17.1 Å². The van der Waals surface area contributed by atoms with E-state index in [9.17, 15) is 0 Å². The van der Waals surface area contributed by atoms with Gasteiger partial charge in [-0.15, -0.1) is 0 Å². The number of aromatic amines is 1. The number of imidazole rings is 1. The molecule has 1 aliphatic rings. The molecule has 5 nitrogen and oxygen atoms in total. The van der Waals surface area contributed by atoms with Crippen LogP contribution in [0.25, 0.3) is 0 Å². The standard InChI is InChI=1S/C10H12BrN5/c1-16-4-6(10(11)15-16)8-9-7(2-3-12-8)13-5-14-9/h4-5,8,12H,2-3H2,1H3,(H,13,14). The molecule has 0 saturated heterocycles. The van der Waals surface area contributed by atoms with E-state index in [1.165, 1.54) is 5.69 Å². The Kier molecular flexibility index (Phi) is 2.33. The van der Waals surface area contributed by atoms with E-state index in [2.05, 4.69) is 36.3 Å². The molecule has 1 aliphatic heterocycles. The van der Waals surface area contributed by atoms with Crippen LogP contribution in [0.1, 0.15) is 23.0 Å². The highest BCUT2D eigenvalue weighted by molar-refractivity contribution is 9.10. The third kappa shape index (κ3) is 1.49. The van der Waals surface area contributed by atoms with E-state index < -0.39 is 0 Å². The van der Waals surface area contributed by atoms with E-state index in [0.29, 0.717) is 0 Å². The molecule has 0 bridgehead atoms. The fourth-order valence-electron chi connectivity index (χ4n) is 2.15. The maximum absolute atomic E-state index is 4.39. The molecule has 3 heterocycles. The Morgan fingerprint density at radius 3 is 3.19 bits per heavy atom. The van der Waals surface area contributed by atoms with Crippen LogP contribution in [0.4, 0.5) is 0 Å². The molecule has 84 valence electrons. The summed E-state index contributed by atoms with van der Waals surface area (Å²) in [6, 6.07) is 0.137. The molecule has 2 N–H and O–H groups in total. The molecule has 16 heavy (non-hydrogen) atoms. The third-order valence-electron chi connectivity index (χ3n) is 2.87. The number of hydrogen-bond donors (Lipinski definition) is 2. The van der Waals surface area contributed by atoms with E-state index in [0.717, 1.165) is 28.8 Å². The Hall–Kier alpha value is -1.14. The van der Waals surface area contributed by atoms with E-state index in [1.54, 1.807) is 6.33 Å². The Labute approximate surface area is 101 Å². The SMILES string of the molecule is Cn1cc(C2NCCc3[nH]cnc32)c(Br)n1. The van der Waals surface area contributed by atoms with Crippen LogP contribution in [-0.4, -0.2) is 26.3 Å². The zero-order chi connectivity index (χ0) is 11.1. The van der Waals surface area contributed by atoms with Crippen molar-refractivity contribution >= 4 is 15.9 Å². The summed E-state index contributed by atoms with van der Waals surface area (Å²) in [5.41, 5.74) is 3.44. The number of halogens is 1. The first-order chi connectivity index (χ1) is 7.75. The van der Waals surface area contributed by atoms with Gasteiger partial charge in [0.25, 0.3) is 0 Å². The van der Waals surface area contributed by atoms with Gasteiger partial charge < -0.3 is 10.3 Å². The molecule has 6 heteroatoms. The molecule has 1 atom stereocenters. The molecular formula is C10H12BrN5. The summed E-state index contributed by atoms with van der Waals surface area (Å²) in [5.74, 6) is 0. The van der Waals surface area contributed by atoms with Crippen LogP contribution in [0.3, 0.4) is 0 Å². The van der Waals surface area contributed by atoms with Gasteiger partial charge in [0.05, 0.1) is 18.1 Å². The number of hydrogen-bond acceptors (Lipinski definition) is 3. The van der Waals surface area contributed by atoms with Gasteiger partial charge in [0.2, 0.25) is 0 Å². The van der Waals surface area contributed by atoms with Crippen molar-refractivity contribution in [2.24, 2.45) is 7.05 Å². The normalized spacial score (nSPS) is 19.8. The fourth-order valence-corrected chi connectivity index (χ4v) is 2.73. The van der Waals surface area contributed by atoms with Gasteiger partial charge in [0.1, 0.15) is 4.60 Å². The second-order valence-electron chi connectivity index (χ2n) is 3.95. The summed E-state index contributed by atoms with van der Waals surface area (Å²) >= 11 is 3.48. The van der Waals surface area contributed by atoms with Gasteiger partial charge in [-0.25, -0.2) is 4.98 Å². The second kappa shape index (κ2) is 3.71. The lowest BCUT2D eigenvalue weighted by Crippen LogP contribution is -2.30. The molecule has 0 fully saturated rings. The minimum absolute atomic E-state index is 0.137. The van der Waals surface area contributed by atoms with Crippen LogP contribution in [0.2, 0.25) is 0 Å². The van der Waals surface area contributed by atoms with Crippen molar-refractivity contribution in [3.05, 3.63) is 34.1 Å². The predicted octanol–water partition coefficient (Wildman–Crippen LogP) is 1.14. The van der Waals surface area contributed by atoms with Crippen molar-refractivity contribution in [3.8, 4) is 0 Å². The number of H-pyrrole nitrogens is 1. The molecule has 0 spiro atoms. The van der Waals surface area contributed by atoms with Crippen molar-refractivity contribution in [2.75, 3.05) is 6.54 Å². The van der Waals surface area contributed by atoms with E-state index in [4.69, 9.17) is 0 Å². The van der Waals surface area contributed by atoms with Crippen molar-refractivity contribution in [3.63, 3.8) is 0 Å². The van der Waals surface area contributed by atoms with Crippen molar-refractivity contribution in [1.29, 1.82) is 0 Å². The van der Waals surface area contributed by atoms with Crippen LogP contribution >= 0.6 is 15.9 Å². The summed E-state index contributed by atoms with van der Waals surface area (Å²) in [7, 11) is 1.92. The molecule has 0 radical (unpaired) electrons. The first kappa shape index (κ1) is 10.0. The van der Waals surface area contributed by atoms with Crippen LogP contribution in [0, 0.1) is 0 Å². The monoisotopic (exact) mass is 281 g/mol. The van der Waals surface area contributed by atoms with Gasteiger partial charge in [-0.05, 0) is 15.9 Å². The van der Waals surface area contributed by atoms with Gasteiger partial charge >= 0.3 is 0 Å². The van der Waals surface area contributed by atoms with Gasteiger partial charge in [0, 0.05) is 37.5 Å². The van der Waals surface area contributed by atoms with Gasteiger partial charge in [-0.3, -0.25) is 4.68 Å². The minimum Gasteiger partial charge on any atom is -0.348 e. The van der Waals surface area contributed by atoms with E-state index in [1.807, 2.05) is 17.9 Å². The number of aromatic nitrogens is 4. The number of nitrogens with one attached hydrogen (secondary N) is 2. The first-order valence-electron chi connectivity index (χ1n) is 5.20. The van der Waals surface area contributed by atoms with E-state index >= 15 is 0 Å². The van der Waals surface area contributed by atoms with Crippen molar-refractivity contribution in [1.82, 2.24) is 25.1 Å². The lowest BCUT2D eigenvalue weighted by Gasteiger charge is -2.22. The van der Waals surface area contributed by atoms with Gasteiger partial charge in [-0.2, -0.15) is 5.10 Å². The summed E-state index contributed by atoms with van der Waals surface area (Å²) in [4.78, 5) is 7.58. The number of aryl methyl sites for hydroxylation is 1. The largest absolute Gasteiger partial charge is 0.348 e. The molecule has 0 saturated carbocycles. The maximum atomic E-state index is 4.39. The van der Waals surface area contributed by atoms with Crippen LogP contribution in [-0.2, 0) is 13.5 Å². The molecular weight excluding hydrogens is 270 g/mol. The third-order valence-corrected chi connectivity index (χ3v) is 3.49. The maximum Gasteiger partial charge on any atom is 0.133 e. The van der Waals surface area contributed by atoms with E-state index in [-0.39, 0.29) is 6.04 Å². The highest BCUT2D eigenvalue weighted by atomic mass is 79.9. The number of nitrogens with zero attached hydrogens (tertiary/aromatic N) is 3. The highest BCUT2D eigenvalue weighted by Crippen LogP contribution is 2.30. The topological polar surface area (TPSA) is 58.5 Å². The van der Waals surface area contributed by atoms with Gasteiger partial charge in [0.15, 0.2) is 0 Å². The zero-order valence-corrected chi connectivity index (χ0v) is 10.5. The molecule has 0 amide bonds. The minimum atomic E-state index is 0.137. The summed E-state index contributed by atoms with van der Waals surface area (Å²) in [6.07, 6.45) is 4.78. The van der Waals surface area contributed by atoms with Crippen molar-refractivity contribution in [2.45, 2.75) is 12.5 Å². The molecule has 0 aromatic carbocycles. The molecule has 1 unspecified atom stereocenters. The average Bonchev–Trinajstić information content (AvgIpc) is 2.84. The Morgan fingerprint density at radius 2 is 2.44 bits per heavy atom. The second-order valence-corrected chi connectivity index (χ2v) is 4.70. The smallest absolute Gasteiger partial charge is 0.133 e. The molecule has 2 aromatic rings.